The number of aliphatic hydroxyl groups is 1. The van der Waals surface area contributed by atoms with Gasteiger partial charge in [0, 0.05) is 12.1 Å². The van der Waals surface area contributed by atoms with Crippen molar-refractivity contribution < 1.29 is 14.3 Å². The summed E-state index contributed by atoms with van der Waals surface area (Å²) in [5.41, 5.74) is 4.16. The Hall–Kier alpha value is -3.32. The van der Waals surface area contributed by atoms with Crippen LogP contribution in [0.4, 0.5) is 10.2 Å². The molecule has 40 heavy (non-hydrogen) atoms. The minimum Gasteiger partial charge on any atom is -0.393 e. The van der Waals surface area contributed by atoms with Crippen LogP contribution in [0.5, 0.6) is 0 Å². The van der Waals surface area contributed by atoms with E-state index in [0.29, 0.717) is 18.3 Å². The first kappa shape index (κ1) is 25.6. The molecule has 7 atom stereocenters. The molecule has 2 heterocycles. The van der Waals surface area contributed by atoms with Crippen molar-refractivity contribution in [3.63, 3.8) is 0 Å². The van der Waals surface area contributed by atoms with Crippen molar-refractivity contribution in [2.75, 3.05) is 11.9 Å². The van der Waals surface area contributed by atoms with Gasteiger partial charge in [-0.3, -0.25) is 4.79 Å². The zero-order chi connectivity index (χ0) is 27.6. The quantitative estimate of drug-likeness (QED) is 0.424. The Morgan fingerprint density at radius 1 is 1.15 bits per heavy atom. The normalized spacial score (nSPS) is 34.2. The van der Waals surface area contributed by atoms with Crippen molar-refractivity contribution in [1.82, 2.24) is 14.8 Å². The lowest BCUT2D eigenvalue weighted by Gasteiger charge is -2.59. The molecule has 3 saturated carbocycles. The number of nitrogens with zero attached hydrogens (tertiary/aromatic N) is 3. The Kier molecular flexibility index (Phi) is 6.00. The summed E-state index contributed by atoms with van der Waals surface area (Å²) in [6, 6.07) is 12.1. The van der Waals surface area contributed by atoms with E-state index in [4.69, 9.17) is 0 Å². The molecule has 0 bridgehead atoms. The van der Waals surface area contributed by atoms with E-state index >= 15 is 0 Å². The van der Waals surface area contributed by atoms with Gasteiger partial charge in [0.25, 0.3) is 0 Å². The smallest absolute Gasteiger partial charge is 0.155 e. The molecule has 4 aliphatic carbocycles. The van der Waals surface area contributed by atoms with Gasteiger partial charge in [-0.15, -0.1) is 0 Å². The number of anilines is 1. The van der Waals surface area contributed by atoms with Crippen LogP contribution < -0.4 is 5.32 Å². The molecule has 2 N–H and O–H groups in total. The molecule has 7 heteroatoms. The van der Waals surface area contributed by atoms with Crippen LogP contribution in [0.25, 0.3) is 11.8 Å². The number of Topliss-reactive ketones (excluding diaryl/α,β-unsaturated/α-hetero) is 1. The summed E-state index contributed by atoms with van der Waals surface area (Å²) in [4.78, 5) is 17.8. The van der Waals surface area contributed by atoms with E-state index in [0.717, 1.165) is 49.3 Å². The van der Waals surface area contributed by atoms with Gasteiger partial charge >= 0.3 is 0 Å². The first-order valence-electron chi connectivity index (χ1n) is 14.7. The third-order valence-corrected chi connectivity index (χ3v) is 11.0. The minimum atomic E-state index is -0.453. The van der Waals surface area contributed by atoms with Crippen molar-refractivity contribution in [3.05, 3.63) is 77.5 Å². The molecular formula is C33H37FN4O2. The highest BCUT2D eigenvalue weighted by molar-refractivity contribution is 5.86. The van der Waals surface area contributed by atoms with Crippen molar-refractivity contribution in [3.8, 4) is 5.69 Å². The number of carbonyl (C=O) groups is 1. The molecule has 0 amide bonds. The number of aromatic nitrogens is 3. The van der Waals surface area contributed by atoms with Gasteiger partial charge in [0.15, 0.2) is 5.78 Å². The molecule has 3 fully saturated rings. The second kappa shape index (κ2) is 9.37. The minimum absolute atomic E-state index is 0.0408. The molecule has 0 spiro atoms. The van der Waals surface area contributed by atoms with Gasteiger partial charge in [0.2, 0.25) is 0 Å². The fourth-order valence-electron chi connectivity index (χ4n) is 9.27. The number of rotatable bonds is 5. The fourth-order valence-corrected chi connectivity index (χ4v) is 9.27. The van der Waals surface area contributed by atoms with Crippen molar-refractivity contribution in [2.24, 2.45) is 34.5 Å². The third-order valence-electron chi connectivity index (χ3n) is 11.0. The van der Waals surface area contributed by atoms with E-state index < -0.39 is 6.10 Å². The number of hydrogen-bond donors (Lipinski definition) is 2. The van der Waals surface area contributed by atoms with Crippen LogP contribution in [-0.2, 0) is 11.2 Å². The molecule has 208 valence electrons. The maximum atomic E-state index is 13.5. The molecule has 3 aromatic rings. The summed E-state index contributed by atoms with van der Waals surface area (Å²) in [5, 5.41) is 19.8. The van der Waals surface area contributed by atoms with Crippen LogP contribution in [0.1, 0.15) is 57.2 Å². The SMILES string of the molecule is CC12Cc3cnn(-c4ccc(F)cc4)c3C=C1CCC1C2C(O)CC2(C)C(C(=O)CNc3ccccn3)CCC12. The summed E-state index contributed by atoms with van der Waals surface area (Å²) in [7, 11) is 0. The zero-order valence-electron chi connectivity index (χ0n) is 23.2. The lowest BCUT2D eigenvalue weighted by Crippen LogP contribution is -2.57. The maximum absolute atomic E-state index is 13.5. The largest absolute Gasteiger partial charge is 0.393 e. The molecule has 7 rings (SSSR count). The number of fused-ring (bicyclic) bond motifs is 6. The third kappa shape index (κ3) is 3.88. The van der Waals surface area contributed by atoms with Crippen LogP contribution in [0, 0.1) is 40.3 Å². The predicted octanol–water partition coefficient (Wildman–Crippen LogP) is 5.86. The molecular weight excluding hydrogens is 503 g/mol. The topological polar surface area (TPSA) is 80.0 Å². The van der Waals surface area contributed by atoms with Gasteiger partial charge in [-0.25, -0.2) is 14.1 Å². The number of benzene rings is 1. The van der Waals surface area contributed by atoms with Gasteiger partial charge in [0.05, 0.1) is 30.2 Å². The van der Waals surface area contributed by atoms with Crippen LogP contribution in [0.15, 0.2) is 60.4 Å². The number of aliphatic hydroxyl groups excluding tert-OH is 1. The van der Waals surface area contributed by atoms with Gasteiger partial charge in [-0.05, 0) is 115 Å². The molecule has 6 nitrogen and oxygen atoms in total. The lowest BCUT2D eigenvalue weighted by molar-refractivity contribution is -0.140. The lowest BCUT2D eigenvalue weighted by atomic mass is 9.46. The van der Waals surface area contributed by atoms with Crippen LogP contribution in [-0.4, -0.2) is 38.3 Å². The average Bonchev–Trinajstić information content (AvgIpc) is 3.50. The number of halogens is 1. The van der Waals surface area contributed by atoms with Crippen molar-refractivity contribution >= 4 is 17.7 Å². The highest BCUT2D eigenvalue weighted by Crippen LogP contribution is 2.66. The zero-order valence-corrected chi connectivity index (χ0v) is 23.2. The summed E-state index contributed by atoms with van der Waals surface area (Å²) in [6.45, 7) is 4.89. The first-order chi connectivity index (χ1) is 19.3. The Labute approximate surface area is 234 Å². The van der Waals surface area contributed by atoms with E-state index in [9.17, 15) is 14.3 Å². The number of carbonyl (C=O) groups excluding carboxylic acids is 1. The van der Waals surface area contributed by atoms with Crippen LogP contribution >= 0.6 is 0 Å². The van der Waals surface area contributed by atoms with E-state index in [1.807, 2.05) is 29.1 Å². The first-order valence-corrected chi connectivity index (χ1v) is 14.7. The van der Waals surface area contributed by atoms with E-state index in [1.54, 1.807) is 18.3 Å². The number of nitrogens with one attached hydrogen (secondary N) is 1. The highest BCUT2D eigenvalue weighted by Gasteiger charge is 2.63. The maximum Gasteiger partial charge on any atom is 0.155 e. The number of pyridine rings is 1. The second-order valence-electron chi connectivity index (χ2n) is 13.0. The molecule has 0 saturated heterocycles. The summed E-state index contributed by atoms with van der Waals surface area (Å²) in [5.74, 6) is 1.65. The Morgan fingerprint density at radius 2 is 1.98 bits per heavy atom. The second-order valence-corrected chi connectivity index (χ2v) is 13.0. The van der Waals surface area contributed by atoms with Crippen LogP contribution in [0.3, 0.4) is 0 Å². The average molecular weight is 541 g/mol. The van der Waals surface area contributed by atoms with E-state index in [1.165, 1.54) is 23.3 Å². The highest BCUT2D eigenvalue weighted by atomic mass is 19.1. The van der Waals surface area contributed by atoms with Gasteiger partial charge < -0.3 is 10.4 Å². The fraction of sp³-hybridized carbons (Fsp3) is 0.485. The Morgan fingerprint density at radius 3 is 2.75 bits per heavy atom. The standard InChI is InChI=1S/C33H37FN4O2/c1-32-16-20-18-37-38(23-9-7-22(34)8-10-23)27(20)15-21(32)6-11-24-25-12-13-26(33(25,2)17-28(39)31(24)32)29(40)19-36-30-5-3-4-14-35-30/h3-5,7-10,14-15,18,24-26,28,31,39H,6,11-13,16-17,19H2,1-2H3,(H,35,36). The van der Waals surface area contributed by atoms with E-state index in [2.05, 4.69) is 35.3 Å². The van der Waals surface area contributed by atoms with Gasteiger partial charge in [-0.1, -0.05) is 25.5 Å². The Bertz CT molecular complexity index is 1470. The molecule has 0 radical (unpaired) electrons. The van der Waals surface area contributed by atoms with Crippen LogP contribution in [0.2, 0.25) is 0 Å². The number of hydrogen-bond acceptors (Lipinski definition) is 5. The molecule has 2 aromatic heterocycles. The summed E-state index contributed by atoms with van der Waals surface area (Å²) < 4.78 is 15.5. The van der Waals surface area contributed by atoms with E-state index in [-0.39, 0.29) is 40.8 Å². The van der Waals surface area contributed by atoms with Gasteiger partial charge in [0.1, 0.15) is 11.6 Å². The van der Waals surface area contributed by atoms with Gasteiger partial charge in [-0.2, -0.15) is 5.10 Å². The molecule has 7 unspecified atom stereocenters. The monoisotopic (exact) mass is 540 g/mol. The summed E-state index contributed by atoms with van der Waals surface area (Å²) in [6.07, 6.45) is 11.0. The predicted molar refractivity (Wildman–Crippen MR) is 152 cm³/mol. The van der Waals surface area contributed by atoms with Crippen molar-refractivity contribution in [2.45, 2.75) is 58.5 Å². The molecule has 4 aliphatic rings. The Balaban J connectivity index is 1.14. The number of ketones is 1. The molecule has 1 aromatic carbocycles. The van der Waals surface area contributed by atoms with Crippen molar-refractivity contribution in [1.29, 1.82) is 0 Å². The number of allylic oxidation sites excluding steroid dienone is 1. The summed E-state index contributed by atoms with van der Waals surface area (Å²) >= 11 is 0. The molecule has 0 aliphatic heterocycles.